The van der Waals surface area contributed by atoms with Gasteiger partial charge in [0, 0.05) is 24.8 Å². The fourth-order valence-corrected chi connectivity index (χ4v) is 3.12. The minimum Gasteiger partial charge on any atom is -0.353 e. The van der Waals surface area contributed by atoms with Gasteiger partial charge in [0.15, 0.2) is 0 Å². The van der Waals surface area contributed by atoms with Crippen LogP contribution in [-0.2, 0) is 9.59 Å². The van der Waals surface area contributed by atoms with E-state index in [1.807, 2.05) is 34.7 Å². The maximum absolute atomic E-state index is 12.3. The van der Waals surface area contributed by atoms with Crippen molar-refractivity contribution < 1.29 is 9.59 Å². The van der Waals surface area contributed by atoms with Gasteiger partial charge in [0.25, 0.3) is 0 Å². The average molecular weight is 301 g/mol. The number of likely N-dealkylation sites (N-methyl/N-ethyl adjacent to an activating group) is 1. The van der Waals surface area contributed by atoms with Crippen molar-refractivity contribution in [2.45, 2.75) is 46.2 Å². The van der Waals surface area contributed by atoms with Gasteiger partial charge >= 0.3 is 0 Å². The van der Waals surface area contributed by atoms with Crippen molar-refractivity contribution in [3.8, 4) is 0 Å². The number of hydrogen-bond donors (Lipinski definition) is 2. The fraction of sp³-hybridized carbons (Fsp3) is 0.857. The van der Waals surface area contributed by atoms with E-state index in [1.165, 1.54) is 0 Å². The minimum absolute atomic E-state index is 0.0423. The van der Waals surface area contributed by atoms with Gasteiger partial charge in [-0.2, -0.15) is 0 Å². The lowest BCUT2D eigenvalue weighted by atomic mass is 9.91. The van der Waals surface area contributed by atoms with E-state index in [0.29, 0.717) is 24.6 Å². The molecule has 0 aromatic heterocycles. The summed E-state index contributed by atoms with van der Waals surface area (Å²) in [7, 11) is 1.86. The summed E-state index contributed by atoms with van der Waals surface area (Å²) < 4.78 is 0. The molecule has 0 bridgehead atoms. The van der Waals surface area contributed by atoms with Crippen LogP contribution in [0.5, 0.6) is 0 Å². The van der Waals surface area contributed by atoms with Gasteiger partial charge < -0.3 is 15.5 Å². The highest BCUT2D eigenvalue weighted by Crippen LogP contribution is 2.26. The van der Waals surface area contributed by atoms with Crippen molar-refractivity contribution in [2.24, 2.45) is 5.41 Å². The lowest BCUT2D eigenvalue weighted by molar-refractivity contribution is -0.139. The minimum atomic E-state index is -0.320. The maximum Gasteiger partial charge on any atom is 0.243 e. The molecular formula is C14H27N3O2S. The molecule has 6 heteroatoms. The first-order valence-electron chi connectivity index (χ1n) is 7.07. The normalized spacial score (nSPS) is 20.9. The Morgan fingerprint density at radius 3 is 2.60 bits per heavy atom. The molecule has 0 aliphatic carbocycles. The Hall–Kier alpha value is -0.750. The third-order valence-electron chi connectivity index (χ3n) is 3.26. The molecule has 2 amide bonds. The molecule has 20 heavy (non-hydrogen) atoms. The Balaban J connectivity index is 2.56. The first kappa shape index (κ1) is 17.3. The van der Waals surface area contributed by atoms with E-state index in [0.717, 1.165) is 0 Å². The standard InChI is InChI=1S/C14H27N3O2S/c1-10(15-5)7-16-13(19)11-8-20-9-17(11)12(18)6-14(2,3)4/h10-11,15H,6-9H2,1-5H3,(H,16,19). The van der Waals surface area contributed by atoms with Crippen LogP contribution < -0.4 is 10.6 Å². The maximum atomic E-state index is 12.3. The molecule has 1 fully saturated rings. The van der Waals surface area contributed by atoms with Gasteiger partial charge in [0.1, 0.15) is 6.04 Å². The van der Waals surface area contributed by atoms with Gasteiger partial charge in [-0.05, 0) is 19.4 Å². The van der Waals surface area contributed by atoms with Gasteiger partial charge in [-0.3, -0.25) is 9.59 Å². The molecule has 1 rings (SSSR count). The number of rotatable bonds is 5. The monoisotopic (exact) mass is 301 g/mol. The molecule has 0 spiro atoms. The predicted octanol–water partition coefficient (Wildman–Crippen LogP) is 1.05. The Morgan fingerprint density at radius 1 is 1.40 bits per heavy atom. The van der Waals surface area contributed by atoms with Crippen molar-refractivity contribution >= 4 is 23.6 Å². The average Bonchev–Trinajstić information content (AvgIpc) is 2.82. The molecule has 1 saturated heterocycles. The largest absolute Gasteiger partial charge is 0.353 e. The highest BCUT2D eigenvalue weighted by molar-refractivity contribution is 7.99. The Kier molecular flexibility index (Phi) is 6.33. The molecule has 0 aromatic rings. The molecule has 0 saturated carbocycles. The number of nitrogens with zero attached hydrogens (tertiary/aromatic N) is 1. The van der Waals surface area contributed by atoms with E-state index in [-0.39, 0.29) is 29.3 Å². The second-order valence-corrected chi connectivity index (χ2v) is 7.55. The zero-order valence-electron chi connectivity index (χ0n) is 13.2. The number of hydrogen-bond acceptors (Lipinski definition) is 4. The van der Waals surface area contributed by atoms with E-state index in [2.05, 4.69) is 10.6 Å². The Morgan fingerprint density at radius 2 is 2.05 bits per heavy atom. The molecule has 2 N–H and O–H groups in total. The zero-order valence-corrected chi connectivity index (χ0v) is 14.0. The van der Waals surface area contributed by atoms with Crippen LogP contribution in [0.3, 0.4) is 0 Å². The highest BCUT2D eigenvalue weighted by Gasteiger charge is 2.35. The molecule has 0 radical (unpaired) electrons. The second kappa shape index (κ2) is 7.31. The van der Waals surface area contributed by atoms with Crippen LogP contribution in [0.1, 0.15) is 34.1 Å². The fourth-order valence-electron chi connectivity index (χ4n) is 1.93. The van der Waals surface area contributed by atoms with Crippen LogP contribution in [-0.4, -0.2) is 54.0 Å². The number of nitrogens with one attached hydrogen (secondary N) is 2. The van der Waals surface area contributed by atoms with Gasteiger partial charge in [-0.1, -0.05) is 20.8 Å². The summed E-state index contributed by atoms with van der Waals surface area (Å²) in [5.74, 6) is 1.34. The van der Waals surface area contributed by atoms with E-state index in [4.69, 9.17) is 0 Å². The quantitative estimate of drug-likeness (QED) is 0.797. The SMILES string of the molecule is CNC(C)CNC(=O)C1CSCN1C(=O)CC(C)(C)C. The summed E-state index contributed by atoms with van der Waals surface area (Å²) in [6.07, 6.45) is 0.476. The van der Waals surface area contributed by atoms with Crippen LogP contribution in [0.4, 0.5) is 0 Å². The third kappa shape index (κ3) is 5.32. The molecule has 5 nitrogen and oxygen atoms in total. The summed E-state index contributed by atoms with van der Waals surface area (Å²) in [6.45, 7) is 8.71. The number of carbonyl (C=O) groups is 2. The molecule has 1 heterocycles. The first-order valence-corrected chi connectivity index (χ1v) is 8.22. The van der Waals surface area contributed by atoms with Gasteiger partial charge in [-0.15, -0.1) is 11.8 Å². The van der Waals surface area contributed by atoms with Crippen LogP contribution in [0.25, 0.3) is 0 Å². The van der Waals surface area contributed by atoms with Crippen LogP contribution in [0.2, 0.25) is 0 Å². The summed E-state index contributed by atoms with van der Waals surface area (Å²) >= 11 is 1.64. The number of amides is 2. The van der Waals surface area contributed by atoms with Gasteiger partial charge in [0.05, 0.1) is 5.88 Å². The van der Waals surface area contributed by atoms with E-state index in [1.54, 1.807) is 16.7 Å². The smallest absolute Gasteiger partial charge is 0.243 e. The topological polar surface area (TPSA) is 61.4 Å². The highest BCUT2D eigenvalue weighted by atomic mass is 32.2. The number of thioether (sulfide) groups is 1. The van der Waals surface area contributed by atoms with Crippen molar-refractivity contribution in [3.63, 3.8) is 0 Å². The number of carbonyl (C=O) groups excluding carboxylic acids is 2. The van der Waals surface area contributed by atoms with Crippen LogP contribution in [0.15, 0.2) is 0 Å². The molecule has 0 aromatic carbocycles. The van der Waals surface area contributed by atoms with Crippen LogP contribution in [0, 0.1) is 5.41 Å². The Labute approximate surface area is 126 Å². The van der Waals surface area contributed by atoms with Crippen molar-refractivity contribution in [1.29, 1.82) is 0 Å². The molecule has 1 aliphatic heterocycles. The summed E-state index contributed by atoms with van der Waals surface area (Å²) in [5, 5.41) is 5.99. The zero-order chi connectivity index (χ0) is 15.3. The van der Waals surface area contributed by atoms with Crippen molar-refractivity contribution in [3.05, 3.63) is 0 Å². The molecular weight excluding hydrogens is 274 g/mol. The third-order valence-corrected chi connectivity index (χ3v) is 4.27. The van der Waals surface area contributed by atoms with E-state index < -0.39 is 0 Å². The van der Waals surface area contributed by atoms with E-state index >= 15 is 0 Å². The summed E-state index contributed by atoms with van der Waals surface area (Å²) in [6, 6.07) is -0.0920. The molecule has 2 unspecified atom stereocenters. The lowest BCUT2D eigenvalue weighted by Crippen LogP contribution is -2.50. The molecule has 1 aliphatic rings. The van der Waals surface area contributed by atoms with Gasteiger partial charge in [0.2, 0.25) is 11.8 Å². The van der Waals surface area contributed by atoms with Crippen molar-refractivity contribution in [1.82, 2.24) is 15.5 Å². The molecule has 2 atom stereocenters. The lowest BCUT2D eigenvalue weighted by Gasteiger charge is -2.27. The van der Waals surface area contributed by atoms with Crippen molar-refractivity contribution in [2.75, 3.05) is 25.2 Å². The first-order chi connectivity index (χ1) is 9.24. The van der Waals surface area contributed by atoms with Gasteiger partial charge in [-0.25, -0.2) is 0 Å². The summed E-state index contributed by atoms with van der Waals surface area (Å²) in [5.41, 5.74) is -0.0496. The van der Waals surface area contributed by atoms with Crippen LogP contribution >= 0.6 is 11.8 Å². The molecule has 116 valence electrons. The summed E-state index contributed by atoms with van der Waals surface area (Å²) in [4.78, 5) is 26.2. The predicted molar refractivity (Wildman–Crippen MR) is 83.6 cm³/mol. The Bertz CT molecular complexity index is 355. The second-order valence-electron chi connectivity index (χ2n) is 6.55. The van der Waals surface area contributed by atoms with E-state index in [9.17, 15) is 9.59 Å².